The maximum absolute atomic E-state index is 12.0. The number of hydrogen-bond acceptors (Lipinski definition) is 3. The Bertz CT molecular complexity index is 555. The minimum Gasteiger partial charge on any atom is -0.361 e. The van der Waals surface area contributed by atoms with Crippen molar-refractivity contribution < 1.29 is 9.32 Å². The van der Waals surface area contributed by atoms with Crippen LogP contribution in [0.25, 0.3) is 0 Å². The second kappa shape index (κ2) is 4.91. The molecule has 3 rings (SSSR count). The summed E-state index contributed by atoms with van der Waals surface area (Å²) in [5, 5.41) is 6.85. The third kappa shape index (κ3) is 2.70. The van der Waals surface area contributed by atoms with Crippen LogP contribution >= 0.6 is 0 Å². The predicted molar refractivity (Wildman–Crippen MR) is 69.5 cm³/mol. The van der Waals surface area contributed by atoms with E-state index in [9.17, 15) is 4.79 Å². The van der Waals surface area contributed by atoms with Crippen LogP contribution < -0.4 is 5.32 Å². The van der Waals surface area contributed by atoms with E-state index in [0.29, 0.717) is 12.5 Å². The first-order valence-electron chi connectivity index (χ1n) is 6.59. The van der Waals surface area contributed by atoms with Gasteiger partial charge in [0.25, 0.3) is 0 Å². The molecule has 1 aliphatic rings. The highest BCUT2D eigenvalue weighted by molar-refractivity contribution is 5.79. The zero-order valence-corrected chi connectivity index (χ0v) is 10.9. The van der Waals surface area contributed by atoms with Gasteiger partial charge >= 0.3 is 0 Å². The molecule has 0 saturated heterocycles. The van der Waals surface area contributed by atoms with E-state index in [-0.39, 0.29) is 11.9 Å². The molecular weight excluding hydrogens is 242 g/mol. The summed E-state index contributed by atoms with van der Waals surface area (Å²) in [6, 6.07) is 5.54. The van der Waals surface area contributed by atoms with E-state index < -0.39 is 0 Å². The first-order chi connectivity index (χ1) is 9.24. The second-order valence-corrected chi connectivity index (χ2v) is 5.02. The number of nitrogens with zero attached hydrogens (tertiary/aromatic N) is 2. The Hall–Kier alpha value is -2.04. The zero-order chi connectivity index (χ0) is 13.2. The lowest BCUT2D eigenvalue weighted by molar-refractivity contribution is -0.124. The molecule has 0 aliphatic heterocycles. The van der Waals surface area contributed by atoms with Gasteiger partial charge in [0.15, 0.2) is 0 Å². The molecule has 5 heteroatoms. The number of aromatic nitrogens is 2. The third-order valence-corrected chi connectivity index (χ3v) is 3.45. The standard InChI is InChI=1S/C14H17N3O2/c1-10(17-6-2-3-7-17)14(18)15-9-12-8-13(19-16-12)11-4-5-11/h2-3,6-8,10-11H,4-5,9H2,1H3,(H,15,18). The smallest absolute Gasteiger partial charge is 0.243 e. The van der Waals surface area contributed by atoms with E-state index in [2.05, 4.69) is 10.5 Å². The largest absolute Gasteiger partial charge is 0.361 e. The summed E-state index contributed by atoms with van der Waals surface area (Å²) < 4.78 is 7.12. The molecule has 1 fully saturated rings. The van der Waals surface area contributed by atoms with Gasteiger partial charge in [-0.05, 0) is 31.9 Å². The van der Waals surface area contributed by atoms with E-state index in [0.717, 1.165) is 11.5 Å². The normalized spacial score (nSPS) is 16.3. The van der Waals surface area contributed by atoms with Gasteiger partial charge in [0.05, 0.1) is 6.54 Å². The molecule has 2 heterocycles. The zero-order valence-electron chi connectivity index (χ0n) is 10.9. The Morgan fingerprint density at radius 1 is 1.53 bits per heavy atom. The van der Waals surface area contributed by atoms with Gasteiger partial charge in [-0.1, -0.05) is 5.16 Å². The van der Waals surface area contributed by atoms with Crippen molar-refractivity contribution >= 4 is 5.91 Å². The van der Waals surface area contributed by atoms with Crippen LogP contribution in [0.5, 0.6) is 0 Å². The maximum Gasteiger partial charge on any atom is 0.243 e. The molecule has 100 valence electrons. The van der Waals surface area contributed by atoms with Crippen molar-refractivity contribution in [2.75, 3.05) is 0 Å². The van der Waals surface area contributed by atoms with Crippen molar-refractivity contribution in [3.63, 3.8) is 0 Å². The summed E-state index contributed by atoms with van der Waals surface area (Å²) in [6.45, 7) is 2.29. The Labute approximate surface area is 111 Å². The molecule has 1 saturated carbocycles. The van der Waals surface area contributed by atoms with Gasteiger partial charge in [0, 0.05) is 24.4 Å². The molecule has 0 spiro atoms. The van der Waals surface area contributed by atoms with Crippen molar-refractivity contribution in [1.82, 2.24) is 15.0 Å². The molecule has 2 aromatic rings. The molecule has 1 unspecified atom stereocenters. The fourth-order valence-corrected chi connectivity index (χ4v) is 2.04. The van der Waals surface area contributed by atoms with Crippen LogP contribution in [0.3, 0.4) is 0 Å². The maximum atomic E-state index is 12.0. The van der Waals surface area contributed by atoms with Crippen LogP contribution in [-0.2, 0) is 11.3 Å². The molecule has 5 nitrogen and oxygen atoms in total. The van der Waals surface area contributed by atoms with Gasteiger partial charge in [-0.15, -0.1) is 0 Å². The lowest BCUT2D eigenvalue weighted by Crippen LogP contribution is -2.30. The van der Waals surface area contributed by atoms with Crippen molar-refractivity contribution in [1.29, 1.82) is 0 Å². The van der Waals surface area contributed by atoms with Crippen LogP contribution in [0.1, 0.15) is 43.2 Å². The lowest BCUT2D eigenvalue weighted by Gasteiger charge is -2.12. The number of amides is 1. The molecule has 19 heavy (non-hydrogen) atoms. The van der Waals surface area contributed by atoms with Crippen molar-refractivity contribution in [2.24, 2.45) is 0 Å². The minimum atomic E-state index is -0.218. The second-order valence-electron chi connectivity index (χ2n) is 5.02. The van der Waals surface area contributed by atoms with Crippen molar-refractivity contribution in [3.8, 4) is 0 Å². The van der Waals surface area contributed by atoms with Gasteiger partial charge in [-0.2, -0.15) is 0 Å². The monoisotopic (exact) mass is 259 g/mol. The highest BCUT2D eigenvalue weighted by Crippen LogP contribution is 2.40. The molecule has 1 amide bonds. The third-order valence-electron chi connectivity index (χ3n) is 3.45. The van der Waals surface area contributed by atoms with Gasteiger partial charge < -0.3 is 14.4 Å². The van der Waals surface area contributed by atoms with Gasteiger partial charge in [-0.3, -0.25) is 4.79 Å². The number of nitrogens with one attached hydrogen (secondary N) is 1. The molecule has 0 radical (unpaired) electrons. The Balaban J connectivity index is 1.54. The predicted octanol–water partition coefficient (Wildman–Crippen LogP) is 2.23. The average Bonchev–Trinajstić information content (AvgIpc) is 2.96. The summed E-state index contributed by atoms with van der Waals surface area (Å²) in [7, 11) is 0. The molecule has 0 bridgehead atoms. The SMILES string of the molecule is CC(C(=O)NCc1cc(C2CC2)on1)n1cccc1. The highest BCUT2D eigenvalue weighted by atomic mass is 16.5. The van der Waals surface area contributed by atoms with Gasteiger partial charge in [-0.25, -0.2) is 0 Å². The quantitative estimate of drug-likeness (QED) is 0.895. The lowest BCUT2D eigenvalue weighted by atomic mass is 10.2. The van der Waals surface area contributed by atoms with E-state index in [4.69, 9.17) is 4.52 Å². The summed E-state index contributed by atoms with van der Waals surface area (Å²) in [4.78, 5) is 12.0. The summed E-state index contributed by atoms with van der Waals surface area (Å²) >= 11 is 0. The fourth-order valence-electron chi connectivity index (χ4n) is 2.04. The molecule has 1 N–H and O–H groups in total. The summed E-state index contributed by atoms with van der Waals surface area (Å²) in [5.41, 5.74) is 0.787. The van der Waals surface area contributed by atoms with Crippen LogP contribution in [0.4, 0.5) is 0 Å². The topological polar surface area (TPSA) is 60.1 Å². The molecule has 0 aromatic carbocycles. The van der Waals surface area contributed by atoms with Gasteiger partial charge in [0.1, 0.15) is 17.5 Å². The van der Waals surface area contributed by atoms with E-state index in [1.807, 2.05) is 42.1 Å². The van der Waals surface area contributed by atoms with Crippen LogP contribution in [0.15, 0.2) is 35.1 Å². The van der Waals surface area contributed by atoms with Gasteiger partial charge in [0.2, 0.25) is 5.91 Å². The first-order valence-corrected chi connectivity index (χ1v) is 6.59. The molecule has 1 aliphatic carbocycles. The van der Waals surface area contributed by atoms with Crippen LogP contribution in [-0.4, -0.2) is 15.6 Å². The number of hydrogen-bond donors (Lipinski definition) is 1. The minimum absolute atomic E-state index is 0.0211. The first kappa shape index (κ1) is 12.0. The number of carbonyl (C=O) groups is 1. The van der Waals surface area contributed by atoms with E-state index >= 15 is 0 Å². The molecule has 2 aromatic heterocycles. The fraction of sp³-hybridized carbons (Fsp3) is 0.429. The highest BCUT2D eigenvalue weighted by Gasteiger charge is 2.27. The Morgan fingerprint density at radius 3 is 2.95 bits per heavy atom. The number of rotatable bonds is 5. The van der Waals surface area contributed by atoms with E-state index in [1.54, 1.807) is 0 Å². The summed E-state index contributed by atoms with van der Waals surface area (Å²) in [6.07, 6.45) is 6.13. The number of carbonyl (C=O) groups excluding carboxylic acids is 1. The Kier molecular flexibility index (Phi) is 3.11. The average molecular weight is 259 g/mol. The van der Waals surface area contributed by atoms with Crippen molar-refractivity contribution in [3.05, 3.63) is 42.0 Å². The van der Waals surface area contributed by atoms with Crippen LogP contribution in [0.2, 0.25) is 0 Å². The molecular formula is C14H17N3O2. The summed E-state index contributed by atoms with van der Waals surface area (Å²) in [5.74, 6) is 1.48. The van der Waals surface area contributed by atoms with Crippen molar-refractivity contribution in [2.45, 2.75) is 38.3 Å². The Morgan fingerprint density at radius 2 is 2.26 bits per heavy atom. The molecule has 1 atom stereocenters. The van der Waals surface area contributed by atoms with E-state index in [1.165, 1.54) is 12.8 Å². The van der Waals surface area contributed by atoms with Crippen LogP contribution in [0, 0.1) is 0 Å².